The summed E-state index contributed by atoms with van der Waals surface area (Å²) in [6, 6.07) is 2.97. The summed E-state index contributed by atoms with van der Waals surface area (Å²) in [6.45, 7) is 7.65. The van der Waals surface area contributed by atoms with Gasteiger partial charge in [-0.15, -0.1) is 0 Å². The van der Waals surface area contributed by atoms with Crippen molar-refractivity contribution in [1.29, 1.82) is 0 Å². The van der Waals surface area contributed by atoms with Crippen LogP contribution in [0.5, 0.6) is 0 Å². The molecule has 1 aromatic rings. The van der Waals surface area contributed by atoms with E-state index in [-0.39, 0.29) is 5.91 Å². The van der Waals surface area contributed by atoms with Gasteiger partial charge in [-0.05, 0) is 49.7 Å². The van der Waals surface area contributed by atoms with E-state index in [1.807, 2.05) is 27.7 Å². The number of carbonyl (C=O) groups is 1. The summed E-state index contributed by atoms with van der Waals surface area (Å²) < 4.78 is 13.9. The number of nitrogens with one attached hydrogen (secondary N) is 2. The fourth-order valence-electron chi connectivity index (χ4n) is 1.81. The Hall–Kier alpha value is -1.10. The van der Waals surface area contributed by atoms with Gasteiger partial charge in [0.15, 0.2) is 0 Å². The molecule has 0 atom stereocenters. The SMILES string of the molecule is CC1(C)Nc2cc(Br)c(F)cc2NC(=O)C1(C)C. The van der Waals surface area contributed by atoms with E-state index in [1.54, 1.807) is 6.07 Å². The quantitative estimate of drug-likeness (QED) is 0.765. The van der Waals surface area contributed by atoms with Crippen molar-refractivity contribution in [3.63, 3.8) is 0 Å². The van der Waals surface area contributed by atoms with E-state index in [9.17, 15) is 9.18 Å². The Labute approximate surface area is 114 Å². The fraction of sp³-hybridized carbons (Fsp3) is 0.462. The zero-order valence-corrected chi connectivity index (χ0v) is 12.4. The molecule has 0 bridgehead atoms. The Morgan fingerprint density at radius 1 is 1.17 bits per heavy atom. The van der Waals surface area contributed by atoms with Crippen molar-refractivity contribution >= 4 is 33.2 Å². The highest BCUT2D eigenvalue weighted by atomic mass is 79.9. The van der Waals surface area contributed by atoms with Gasteiger partial charge in [0.1, 0.15) is 5.82 Å². The molecule has 1 aromatic carbocycles. The minimum atomic E-state index is -0.616. The second-order valence-corrected chi connectivity index (χ2v) is 6.50. The smallest absolute Gasteiger partial charge is 0.232 e. The number of amides is 1. The van der Waals surface area contributed by atoms with Crippen molar-refractivity contribution in [1.82, 2.24) is 0 Å². The molecule has 0 spiro atoms. The zero-order valence-electron chi connectivity index (χ0n) is 10.8. The molecule has 0 fully saturated rings. The minimum Gasteiger partial charge on any atom is -0.377 e. The number of hydrogen-bond acceptors (Lipinski definition) is 2. The molecule has 1 amide bonds. The summed E-state index contributed by atoms with van der Waals surface area (Å²) in [5.41, 5.74) is 0.126. The Kier molecular flexibility index (Phi) is 2.93. The second kappa shape index (κ2) is 3.95. The third-order valence-corrected chi connectivity index (χ3v) is 4.49. The molecule has 5 heteroatoms. The Balaban J connectivity index is 2.59. The largest absolute Gasteiger partial charge is 0.377 e. The van der Waals surface area contributed by atoms with E-state index in [0.29, 0.717) is 15.8 Å². The maximum absolute atomic E-state index is 13.5. The monoisotopic (exact) mass is 314 g/mol. The first-order valence-corrected chi connectivity index (χ1v) is 6.53. The van der Waals surface area contributed by atoms with Gasteiger partial charge in [-0.25, -0.2) is 4.39 Å². The van der Waals surface area contributed by atoms with Gasteiger partial charge in [-0.1, -0.05) is 0 Å². The van der Waals surface area contributed by atoms with Gasteiger partial charge in [-0.3, -0.25) is 4.79 Å². The number of carbonyl (C=O) groups excluding carboxylic acids is 1. The summed E-state index contributed by atoms with van der Waals surface area (Å²) >= 11 is 3.15. The van der Waals surface area contributed by atoms with Crippen molar-refractivity contribution in [2.45, 2.75) is 33.2 Å². The molecule has 1 heterocycles. The first kappa shape index (κ1) is 13.3. The second-order valence-electron chi connectivity index (χ2n) is 5.64. The molecule has 1 aliphatic heterocycles. The Bertz CT molecular complexity index is 526. The van der Waals surface area contributed by atoms with Gasteiger partial charge in [0.2, 0.25) is 5.91 Å². The molecule has 2 N–H and O–H groups in total. The molecule has 0 saturated heterocycles. The average molecular weight is 315 g/mol. The topological polar surface area (TPSA) is 41.1 Å². The maximum Gasteiger partial charge on any atom is 0.232 e. The lowest BCUT2D eigenvalue weighted by Crippen LogP contribution is -2.50. The van der Waals surface area contributed by atoms with Gasteiger partial charge in [0, 0.05) is 11.6 Å². The fourth-order valence-corrected chi connectivity index (χ4v) is 2.15. The Morgan fingerprint density at radius 3 is 2.39 bits per heavy atom. The van der Waals surface area contributed by atoms with E-state index in [2.05, 4.69) is 26.6 Å². The lowest BCUT2D eigenvalue weighted by molar-refractivity contribution is -0.126. The van der Waals surface area contributed by atoms with Crippen molar-refractivity contribution in [2.24, 2.45) is 5.41 Å². The van der Waals surface area contributed by atoms with E-state index < -0.39 is 16.8 Å². The summed E-state index contributed by atoms with van der Waals surface area (Å²) in [4.78, 5) is 12.2. The van der Waals surface area contributed by atoms with Crippen LogP contribution in [0.2, 0.25) is 0 Å². The summed E-state index contributed by atoms with van der Waals surface area (Å²) in [5, 5.41) is 6.08. The minimum absolute atomic E-state index is 0.125. The first-order valence-electron chi connectivity index (χ1n) is 5.74. The number of rotatable bonds is 0. The molecule has 98 valence electrons. The first-order chi connectivity index (χ1) is 8.15. The number of hydrogen-bond donors (Lipinski definition) is 2. The molecule has 1 aliphatic rings. The van der Waals surface area contributed by atoms with Crippen LogP contribution >= 0.6 is 15.9 Å². The molecule has 0 aliphatic carbocycles. The van der Waals surface area contributed by atoms with Crippen molar-refractivity contribution < 1.29 is 9.18 Å². The van der Waals surface area contributed by atoms with Gasteiger partial charge in [-0.2, -0.15) is 0 Å². The molecule has 0 radical (unpaired) electrons. The van der Waals surface area contributed by atoms with Crippen LogP contribution in [-0.2, 0) is 4.79 Å². The van der Waals surface area contributed by atoms with Crippen molar-refractivity contribution in [3.8, 4) is 0 Å². The highest BCUT2D eigenvalue weighted by Gasteiger charge is 2.45. The van der Waals surface area contributed by atoms with Crippen molar-refractivity contribution in [3.05, 3.63) is 22.4 Å². The van der Waals surface area contributed by atoms with Gasteiger partial charge in [0.05, 0.1) is 21.3 Å². The molecular weight excluding hydrogens is 299 g/mol. The van der Waals surface area contributed by atoms with Gasteiger partial charge >= 0.3 is 0 Å². The van der Waals surface area contributed by atoms with Crippen LogP contribution in [-0.4, -0.2) is 11.4 Å². The third kappa shape index (κ3) is 1.90. The molecule has 0 unspecified atom stereocenters. The van der Waals surface area contributed by atoms with Crippen LogP contribution in [0.1, 0.15) is 27.7 Å². The number of anilines is 2. The number of benzene rings is 1. The summed E-state index contributed by atoms with van der Waals surface area (Å²) in [5.74, 6) is -0.520. The van der Waals surface area contributed by atoms with Gasteiger partial charge in [0.25, 0.3) is 0 Å². The van der Waals surface area contributed by atoms with Crippen LogP contribution < -0.4 is 10.6 Å². The lowest BCUT2D eigenvalue weighted by atomic mass is 9.74. The molecule has 2 rings (SSSR count). The standard InChI is InChI=1S/C13H16BrFN2O/c1-12(2)11(18)16-9-6-8(15)7(14)5-10(9)17-13(12,3)4/h5-6,17H,1-4H3,(H,16,18). The number of fused-ring (bicyclic) bond motifs is 1. The average Bonchev–Trinajstić information content (AvgIpc) is 2.28. The summed E-state index contributed by atoms with van der Waals surface area (Å²) in [6.07, 6.45) is 0. The summed E-state index contributed by atoms with van der Waals surface area (Å²) in [7, 11) is 0. The van der Waals surface area contributed by atoms with Gasteiger partial charge < -0.3 is 10.6 Å². The number of halogens is 2. The predicted octanol–water partition coefficient (Wildman–Crippen LogP) is 3.76. The van der Waals surface area contributed by atoms with Crippen molar-refractivity contribution in [2.75, 3.05) is 10.6 Å². The van der Waals surface area contributed by atoms with Crippen LogP contribution in [0.3, 0.4) is 0 Å². The van der Waals surface area contributed by atoms with Crippen LogP contribution in [0.25, 0.3) is 0 Å². The van der Waals surface area contributed by atoms with E-state index >= 15 is 0 Å². The van der Waals surface area contributed by atoms with E-state index in [4.69, 9.17) is 0 Å². The predicted molar refractivity (Wildman–Crippen MR) is 74.2 cm³/mol. The molecule has 18 heavy (non-hydrogen) atoms. The van der Waals surface area contributed by atoms with Crippen LogP contribution in [0.4, 0.5) is 15.8 Å². The van der Waals surface area contributed by atoms with Crippen LogP contribution in [0.15, 0.2) is 16.6 Å². The maximum atomic E-state index is 13.5. The van der Waals surface area contributed by atoms with E-state index in [0.717, 1.165) is 0 Å². The molecule has 3 nitrogen and oxygen atoms in total. The zero-order chi connectivity index (χ0) is 13.7. The molecular formula is C13H16BrFN2O. The highest BCUT2D eigenvalue weighted by Crippen LogP contribution is 2.41. The Morgan fingerprint density at radius 2 is 1.78 bits per heavy atom. The third-order valence-electron chi connectivity index (χ3n) is 3.89. The highest BCUT2D eigenvalue weighted by molar-refractivity contribution is 9.10. The van der Waals surface area contributed by atoms with Crippen LogP contribution in [0, 0.1) is 11.2 Å². The van der Waals surface area contributed by atoms with E-state index in [1.165, 1.54) is 6.07 Å². The lowest BCUT2D eigenvalue weighted by Gasteiger charge is -2.39. The normalized spacial score (nSPS) is 20.4. The molecule has 0 saturated carbocycles. The molecule has 0 aromatic heterocycles.